The van der Waals surface area contributed by atoms with E-state index in [2.05, 4.69) is 5.32 Å². The van der Waals surface area contributed by atoms with Crippen LogP contribution >= 0.6 is 0 Å². The van der Waals surface area contributed by atoms with Crippen molar-refractivity contribution in [2.45, 2.75) is 57.3 Å². The van der Waals surface area contributed by atoms with Crippen molar-refractivity contribution in [2.75, 3.05) is 5.32 Å². The van der Waals surface area contributed by atoms with Gasteiger partial charge in [-0.3, -0.25) is 9.59 Å². The van der Waals surface area contributed by atoms with E-state index in [1.807, 2.05) is 19.9 Å². The third kappa shape index (κ3) is 2.75. The Kier molecular flexibility index (Phi) is 4.52. The van der Waals surface area contributed by atoms with E-state index in [0.29, 0.717) is 0 Å². The summed E-state index contributed by atoms with van der Waals surface area (Å²) in [5.41, 5.74) is -2.97. The first-order valence-electron chi connectivity index (χ1n) is 11.1. The lowest BCUT2D eigenvalue weighted by Gasteiger charge is -2.57. The van der Waals surface area contributed by atoms with Crippen LogP contribution in [0.15, 0.2) is 24.3 Å². The van der Waals surface area contributed by atoms with Gasteiger partial charge in [0.1, 0.15) is 17.0 Å². The molecule has 6 rings (SSSR count). The zero-order chi connectivity index (χ0) is 23.9. The lowest BCUT2D eigenvalue weighted by molar-refractivity contribution is -0.219. The zero-order valence-corrected chi connectivity index (χ0v) is 18.4. The molecule has 1 spiro atoms. The molecule has 5 N–H and O–H groups in total. The molecule has 0 unspecified atom stereocenters. The average molecular weight is 457 g/mol. The maximum absolute atomic E-state index is 13.1. The number of rotatable bonds is 5. The molecule has 1 aromatic carbocycles. The van der Waals surface area contributed by atoms with Crippen LogP contribution in [0.4, 0.5) is 5.69 Å². The summed E-state index contributed by atoms with van der Waals surface area (Å²) in [6.45, 7) is 3.75. The van der Waals surface area contributed by atoms with E-state index in [9.17, 15) is 29.7 Å². The molecule has 4 bridgehead atoms. The first-order valence-corrected chi connectivity index (χ1v) is 11.1. The van der Waals surface area contributed by atoms with Gasteiger partial charge in [0.25, 0.3) is 0 Å². The van der Waals surface area contributed by atoms with E-state index in [1.165, 1.54) is 6.08 Å². The van der Waals surface area contributed by atoms with Crippen LogP contribution in [0, 0.1) is 22.7 Å². The van der Waals surface area contributed by atoms with Crippen molar-refractivity contribution in [2.24, 2.45) is 22.7 Å². The van der Waals surface area contributed by atoms with E-state index >= 15 is 0 Å². The molecule has 2 heterocycles. The standard InChI is InChI=1S/C24H27NO8/c1-22(7-6-16(28)25-17-13(26)4-3-12(18(17)29)20(30)31)15(27)5-8-24-10-11-9-14(19(22)24)33-23(11,2)21(24)32/h3-5,8,11,14,19,21,26,29,32H,6-7,9-10H2,1-2H3,(H,25,28)(H,30,31)/t11-,14+,19+,21+,22-,23-,24-/m1/s1. The maximum Gasteiger partial charge on any atom is 0.339 e. The van der Waals surface area contributed by atoms with Crippen LogP contribution in [-0.2, 0) is 14.3 Å². The Labute approximate surface area is 190 Å². The van der Waals surface area contributed by atoms with E-state index in [0.717, 1.165) is 25.0 Å². The van der Waals surface area contributed by atoms with Crippen LogP contribution in [0.25, 0.3) is 0 Å². The summed E-state index contributed by atoms with van der Waals surface area (Å²) < 4.78 is 6.27. The number of nitrogens with one attached hydrogen (secondary N) is 1. The number of aromatic hydroxyl groups is 2. The van der Waals surface area contributed by atoms with E-state index in [4.69, 9.17) is 9.84 Å². The lowest BCUT2D eigenvalue weighted by atomic mass is 9.50. The van der Waals surface area contributed by atoms with Gasteiger partial charge in [-0.25, -0.2) is 4.79 Å². The third-order valence-electron chi connectivity index (χ3n) is 8.65. The van der Waals surface area contributed by atoms with Crippen molar-refractivity contribution < 1.29 is 39.5 Å². The van der Waals surface area contributed by atoms with Crippen LogP contribution in [0.2, 0.25) is 0 Å². The number of phenols is 2. The molecule has 7 atom stereocenters. The quantitative estimate of drug-likeness (QED) is 0.422. The first kappa shape index (κ1) is 21.9. The number of ketones is 1. The second kappa shape index (κ2) is 6.80. The Morgan fingerprint density at radius 2 is 1.97 bits per heavy atom. The summed E-state index contributed by atoms with van der Waals surface area (Å²) in [5.74, 6) is -3.37. The summed E-state index contributed by atoms with van der Waals surface area (Å²) >= 11 is 0. The number of benzene rings is 1. The fourth-order valence-electron chi connectivity index (χ4n) is 7.05. The molecule has 5 aliphatic rings. The number of ether oxygens (including phenoxy) is 1. The average Bonchev–Trinajstić information content (AvgIpc) is 3.09. The number of aliphatic hydroxyl groups excluding tert-OH is 1. The highest BCUT2D eigenvalue weighted by molar-refractivity contribution is 6.00. The number of aromatic carboxylic acids is 1. The third-order valence-corrected chi connectivity index (χ3v) is 8.65. The fraction of sp³-hybridized carbons (Fsp3) is 0.542. The van der Waals surface area contributed by atoms with Crippen molar-refractivity contribution in [3.63, 3.8) is 0 Å². The second-order valence-corrected chi connectivity index (χ2v) is 10.3. The number of aliphatic hydroxyl groups is 1. The SMILES string of the molecule is C[C@@]12O[C@H]3C[C@@H]1C[C@@]1(C=CC(=O)[C@@](C)(CCC(=O)Nc4c(O)ccc(C(=O)O)c4O)[C@H]31)[C@H]2O. The van der Waals surface area contributed by atoms with Crippen molar-refractivity contribution in [3.05, 3.63) is 29.8 Å². The smallest absolute Gasteiger partial charge is 0.339 e. The molecule has 4 fully saturated rings. The number of allylic oxidation sites excluding steroid dienone is 1. The molecule has 0 aromatic heterocycles. The largest absolute Gasteiger partial charge is 0.506 e. The van der Waals surface area contributed by atoms with Crippen LogP contribution < -0.4 is 5.32 Å². The molecular formula is C24H27NO8. The van der Waals surface area contributed by atoms with Gasteiger partial charge in [-0.1, -0.05) is 13.0 Å². The van der Waals surface area contributed by atoms with E-state index in [1.54, 1.807) is 0 Å². The molecule has 33 heavy (non-hydrogen) atoms. The number of phenolic OH excluding ortho intramolecular Hbond substituents is 1. The van der Waals surface area contributed by atoms with Crippen molar-refractivity contribution in [3.8, 4) is 11.5 Å². The Morgan fingerprint density at radius 3 is 2.64 bits per heavy atom. The number of hydrogen-bond acceptors (Lipinski definition) is 7. The second-order valence-electron chi connectivity index (χ2n) is 10.3. The number of carbonyl (C=O) groups is 3. The molecule has 9 nitrogen and oxygen atoms in total. The van der Waals surface area contributed by atoms with Crippen LogP contribution in [0.1, 0.15) is 49.9 Å². The van der Waals surface area contributed by atoms with Gasteiger partial charge < -0.3 is 30.5 Å². The molecule has 1 aromatic rings. The molecule has 2 saturated heterocycles. The number of amides is 1. The van der Waals surface area contributed by atoms with Crippen LogP contribution in [0.5, 0.6) is 11.5 Å². The van der Waals surface area contributed by atoms with E-state index < -0.39 is 51.5 Å². The predicted octanol–water partition coefficient (Wildman–Crippen LogP) is 2.20. The Morgan fingerprint density at radius 1 is 1.24 bits per heavy atom. The molecule has 9 heteroatoms. The summed E-state index contributed by atoms with van der Waals surface area (Å²) in [5, 5.41) is 42.9. The number of carbonyl (C=O) groups excluding carboxylic acids is 2. The van der Waals surface area contributed by atoms with Gasteiger partial charge in [-0.2, -0.15) is 0 Å². The maximum atomic E-state index is 13.1. The normalized spacial score (nSPS) is 40.2. The lowest BCUT2D eigenvalue weighted by Crippen LogP contribution is -2.62. The fourth-order valence-corrected chi connectivity index (χ4v) is 7.05. The highest BCUT2D eigenvalue weighted by Crippen LogP contribution is 2.71. The van der Waals surface area contributed by atoms with Crippen LogP contribution in [0.3, 0.4) is 0 Å². The minimum absolute atomic E-state index is 0.109. The summed E-state index contributed by atoms with van der Waals surface area (Å²) in [4.78, 5) is 37.0. The molecule has 176 valence electrons. The van der Waals surface area contributed by atoms with Crippen molar-refractivity contribution in [1.29, 1.82) is 0 Å². The first-order chi connectivity index (χ1) is 15.4. The molecule has 0 radical (unpaired) electrons. The van der Waals surface area contributed by atoms with Gasteiger partial charge in [0.2, 0.25) is 5.91 Å². The van der Waals surface area contributed by atoms with Crippen molar-refractivity contribution >= 4 is 23.3 Å². The molecule has 2 saturated carbocycles. The van der Waals surface area contributed by atoms with E-state index in [-0.39, 0.29) is 42.3 Å². The number of carboxylic acids is 1. The number of anilines is 1. The summed E-state index contributed by atoms with van der Waals surface area (Å²) in [7, 11) is 0. The topological polar surface area (TPSA) is 153 Å². The zero-order valence-electron chi connectivity index (χ0n) is 18.4. The Bertz CT molecular complexity index is 1110. The van der Waals surface area contributed by atoms with Gasteiger partial charge in [0, 0.05) is 23.2 Å². The summed E-state index contributed by atoms with van der Waals surface area (Å²) in [6.07, 6.45) is 4.04. The Balaban J connectivity index is 1.38. The van der Waals surface area contributed by atoms with Gasteiger partial charge in [-0.05, 0) is 50.3 Å². The molecule has 3 aliphatic carbocycles. The van der Waals surface area contributed by atoms with Gasteiger partial charge >= 0.3 is 5.97 Å². The highest BCUT2D eigenvalue weighted by atomic mass is 16.5. The number of hydrogen-bond donors (Lipinski definition) is 5. The Hall–Kier alpha value is -2.91. The van der Waals surface area contributed by atoms with Gasteiger partial charge in [-0.15, -0.1) is 0 Å². The summed E-state index contributed by atoms with van der Waals surface area (Å²) in [6, 6.07) is 2.11. The van der Waals surface area contributed by atoms with Crippen molar-refractivity contribution in [1.82, 2.24) is 0 Å². The van der Waals surface area contributed by atoms with Crippen LogP contribution in [-0.4, -0.2) is 55.9 Å². The minimum atomic E-state index is -1.40. The monoisotopic (exact) mass is 457 g/mol. The highest BCUT2D eigenvalue weighted by Gasteiger charge is 2.76. The molecular weight excluding hydrogens is 430 g/mol. The molecule has 2 aliphatic heterocycles. The number of carboxylic acid groups (broad SMARTS) is 1. The van der Waals surface area contributed by atoms with Gasteiger partial charge in [0.15, 0.2) is 11.5 Å². The predicted molar refractivity (Wildman–Crippen MR) is 115 cm³/mol. The minimum Gasteiger partial charge on any atom is -0.506 e. The van der Waals surface area contributed by atoms with Gasteiger partial charge in [0.05, 0.1) is 17.8 Å². The molecule has 1 amide bonds.